The first-order valence-corrected chi connectivity index (χ1v) is 9.37. The average molecular weight is 387 g/mol. The van der Waals surface area contributed by atoms with Crippen LogP contribution in [0.1, 0.15) is 16.1 Å². The van der Waals surface area contributed by atoms with E-state index in [9.17, 15) is 13.2 Å². The van der Waals surface area contributed by atoms with Crippen LogP contribution in [0.4, 0.5) is 11.4 Å². The summed E-state index contributed by atoms with van der Waals surface area (Å²) >= 11 is 0. The lowest BCUT2D eigenvalue weighted by Gasteiger charge is -2.10. The van der Waals surface area contributed by atoms with E-state index in [2.05, 4.69) is 15.2 Å². The van der Waals surface area contributed by atoms with E-state index < -0.39 is 10.0 Å². The van der Waals surface area contributed by atoms with Crippen LogP contribution in [-0.2, 0) is 10.0 Å². The maximum absolute atomic E-state index is 12.4. The molecule has 27 heavy (non-hydrogen) atoms. The van der Waals surface area contributed by atoms with Gasteiger partial charge in [0.2, 0.25) is 0 Å². The molecule has 2 N–H and O–H groups in total. The van der Waals surface area contributed by atoms with Crippen molar-refractivity contribution in [2.24, 2.45) is 0 Å². The van der Waals surface area contributed by atoms with E-state index in [-0.39, 0.29) is 10.8 Å². The Balaban J connectivity index is 1.69. The Morgan fingerprint density at radius 1 is 1.04 bits per heavy atom. The summed E-state index contributed by atoms with van der Waals surface area (Å²) in [4.78, 5) is 12.2. The number of carbonyl (C=O) groups excluding carboxylic acids is 1. The largest absolute Gasteiger partial charge is 0.497 e. The summed E-state index contributed by atoms with van der Waals surface area (Å²) in [7, 11) is -2.22. The first kappa shape index (κ1) is 18.5. The first-order valence-electron chi connectivity index (χ1n) is 7.88. The Morgan fingerprint density at radius 2 is 1.67 bits per heavy atom. The number of sulfonamides is 1. The van der Waals surface area contributed by atoms with Crippen molar-refractivity contribution >= 4 is 27.3 Å². The van der Waals surface area contributed by atoms with Gasteiger partial charge < -0.3 is 14.6 Å². The van der Waals surface area contributed by atoms with Crippen LogP contribution in [0.5, 0.6) is 5.75 Å². The molecule has 0 aliphatic rings. The molecule has 3 aromatic rings. The molecule has 0 atom stereocenters. The zero-order valence-electron chi connectivity index (χ0n) is 14.6. The Kier molecular flexibility index (Phi) is 5.13. The molecular weight excluding hydrogens is 370 g/mol. The number of hydrogen-bond acceptors (Lipinski definition) is 6. The fourth-order valence-corrected chi connectivity index (χ4v) is 3.36. The fraction of sp³-hybridized carbons (Fsp3) is 0.111. The van der Waals surface area contributed by atoms with Gasteiger partial charge in [-0.05, 0) is 55.5 Å². The second kappa shape index (κ2) is 7.50. The quantitative estimate of drug-likeness (QED) is 0.673. The third kappa shape index (κ3) is 4.26. The smallest absolute Gasteiger partial charge is 0.261 e. The van der Waals surface area contributed by atoms with Crippen molar-refractivity contribution in [3.8, 4) is 5.75 Å². The molecule has 0 aliphatic carbocycles. The Bertz CT molecular complexity index is 1040. The highest BCUT2D eigenvalue weighted by atomic mass is 32.2. The van der Waals surface area contributed by atoms with E-state index in [4.69, 9.17) is 9.26 Å². The average Bonchev–Trinajstić information content (AvgIpc) is 3.09. The highest BCUT2D eigenvalue weighted by Gasteiger charge is 2.15. The molecule has 3 rings (SSSR count). The third-order valence-corrected chi connectivity index (χ3v) is 5.16. The molecule has 0 aliphatic heterocycles. The SMILES string of the molecule is COc1ccc(S(=O)(=O)Nc2ccc(NC(=O)c3cnoc3C)cc2)cc1. The van der Waals surface area contributed by atoms with E-state index in [0.717, 1.165) is 0 Å². The highest BCUT2D eigenvalue weighted by Crippen LogP contribution is 2.21. The monoisotopic (exact) mass is 387 g/mol. The minimum absolute atomic E-state index is 0.114. The summed E-state index contributed by atoms with van der Waals surface area (Å²) in [6.45, 7) is 1.64. The molecule has 0 fully saturated rings. The molecule has 1 heterocycles. The van der Waals surface area contributed by atoms with E-state index >= 15 is 0 Å². The molecule has 1 amide bonds. The first-order chi connectivity index (χ1) is 12.9. The van der Waals surface area contributed by atoms with E-state index in [1.807, 2.05) is 0 Å². The van der Waals surface area contributed by atoms with E-state index in [1.165, 1.54) is 25.4 Å². The highest BCUT2D eigenvalue weighted by molar-refractivity contribution is 7.92. The maximum Gasteiger partial charge on any atom is 0.261 e. The van der Waals surface area contributed by atoms with Gasteiger partial charge in [0.05, 0.1) is 18.2 Å². The van der Waals surface area contributed by atoms with Crippen LogP contribution < -0.4 is 14.8 Å². The van der Waals surface area contributed by atoms with Gasteiger partial charge in [-0.1, -0.05) is 5.16 Å². The fourth-order valence-electron chi connectivity index (χ4n) is 2.31. The molecule has 9 heteroatoms. The topological polar surface area (TPSA) is 111 Å². The van der Waals surface area contributed by atoms with Gasteiger partial charge in [0.15, 0.2) is 0 Å². The van der Waals surface area contributed by atoms with Gasteiger partial charge in [-0.15, -0.1) is 0 Å². The van der Waals surface area contributed by atoms with Crippen molar-refractivity contribution in [2.75, 3.05) is 17.1 Å². The molecule has 1 aromatic heterocycles. The predicted molar refractivity (Wildman–Crippen MR) is 99.4 cm³/mol. The van der Waals surface area contributed by atoms with Crippen LogP contribution in [0.25, 0.3) is 0 Å². The number of ether oxygens (including phenoxy) is 1. The molecule has 0 bridgehead atoms. The number of hydrogen-bond donors (Lipinski definition) is 2. The number of benzene rings is 2. The van der Waals surface area contributed by atoms with E-state index in [1.54, 1.807) is 43.3 Å². The predicted octanol–water partition coefficient (Wildman–Crippen LogP) is 3.04. The van der Waals surface area contributed by atoms with Crippen molar-refractivity contribution in [1.82, 2.24) is 5.16 Å². The van der Waals surface area contributed by atoms with Crippen LogP contribution in [0.15, 0.2) is 64.1 Å². The molecular formula is C18H17N3O5S. The van der Waals surface area contributed by atoms with Gasteiger partial charge >= 0.3 is 0 Å². The van der Waals surface area contributed by atoms with Crippen LogP contribution >= 0.6 is 0 Å². The molecule has 0 saturated heterocycles. The second-order valence-corrected chi connectivity index (χ2v) is 7.29. The van der Waals surface area contributed by atoms with Crippen molar-refractivity contribution in [1.29, 1.82) is 0 Å². The minimum atomic E-state index is -3.73. The zero-order valence-corrected chi connectivity index (χ0v) is 15.4. The normalized spacial score (nSPS) is 11.0. The van der Waals surface area contributed by atoms with Crippen molar-refractivity contribution < 1.29 is 22.5 Å². The Labute approximate surface area is 156 Å². The van der Waals surface area contributed by atoms with E-state index in [0.29, 0.717) is 28.4 Å². The van der Waals surface area contributed by atoms with Crippen LogP contribution in [0.3, 0.4) is 0 Å². The lowest BCUT2D eigenvalue weighted by molar-refractivity contribution is 0.102. The number of anilines is 2. The van der Waals surface area contributed by atoms with Gasteiger partial charge in [-0.2, -0.15) is 0 Å². The third-order valence-electron chi connectivity index (χ3n) is 3.76. The van der Waals surface area contributed by atoms with Crippen molar-refractivity contribution in [3.63, 3.8) is 0 Å². The molecule has 0 unspecified atom stereocenters. The standard InChI is InChI=1S/C18H17N3O5S/c1-12-17(11-19-26-12)18(22)20-13-3-5-14(6-4-13)21-27(23,24)16-9-7-15(25-2)8-10-16/h3-11,21H,1-2H3,(H,20,22). The number of rotatable bonds is 6. The van der Waals surface area contributed by atoms with Crippen molar-refractivity contribution in [3.05, 3.63) is 66.1 Å². The number of aryl methyl sites for hydroxylation is 1. The molecule has 0 spiro atoms. The molecule has 0 saturated carbocycles. The summed E-state index contributed by atoms with van der Waals surface area (Å²) in [6, 6.07) is 12.3. The molecule has 8 nitrogen and oxygen atoms in total. The van der Waals surface area contributed by atoms with Crippen LogP contribution in [0, 0.1) is 6.92 Å². The number of methoxy groups -OCH3 is 1. The summed E-state index contributed by atoms with van der Waals surface area (Å²) in [6.07, 6.45) is 1.34. The summed E-state index contributed by atoms with van der Waals surface area (Å²) < 4.78 is 37.2. The molecule has 0 radical (unpaired) electrons. The van der Waals surface area contributed by atoms with Gasteiger partial charge in [0.25, 0.3) is 15.9 Å². The summed E-state index contributed by atoms with van der Waals surface area (Å²) in [5.74, 6) is 0.619. The molecule has 140 valence electrons. The van der Waals surface area contributed by atoms with Gasteiger partial charge in [-0.3, -0.25) is 9.52 Å². The Hall–Kier alpha value is -3.33. The number of nitrogens with zero attached hydrogens (tertiary/aromatic N) is 1. The second-order valence-electron chi connectivity index (χ2n) is 5.61. The number of amides is 1. The summed E-state index contributed by atoms with van der Waals surface area (Å²) in [5, 5.41) is 6.25. The van der Waals surface area contributed by atoms with Crippen molar-refractivity contribution in [2.45, 2.75) is 11.8 Å². The maximum atomic E-state index is 12.4. The summed E-state index contributed by atoms with van der Waals surface area (Å²) in [5.41, 5.74) is 1.21. The van der Waals surface area contributed by atoms with Crippen LogP contribution in [0.2, 0.25) is 0 Å². The molecule has 2 aromatic carbocycles. The number of aromatic nitrogens is 1. The lowest BCUT2D eigenvalue weighted by Crippen LogP contribution is -2.14. The van der Waals surface area contributed by atoms with Gasteiger partial charge in [0.1, 0.15) is 17.1 Å². The zero-order chi connectivity index (χ0) is 19.4. The number of nitrogens with one attached hydrogen (secondary N) is 2. The number of carbonyl (C=O) groups is 1. The van der Waals surface area contributed by atoms with Gasteiger partial charge in [0, 0.05) is 11.4 Å². The van der Waals surface area contributed by atoms with Crippen LogP contribution in [-0.4, -0.2) is 26.6 Å². The Morgan fingerprint density at radius 3 is 2.22 bits per heavy atom. The minimum Gasteiger partial charge on any atom is -0.497 e. The van der Waals surface area contributed by atoms with Gasteiger partial charge in [-0.25, -0.2) is 8.42 Å². The lowest BCUT2D eigenvalue weighted by atomic mass is 10.2.